The Balaban J connectivity index is 2.23. The average Bonchev–Trinajstić information content (AvgIpc) is 2.93. The zero-order valence-electron chi connectivity index (χ0n) is 25.4. The summed E-state index contributed by atoms with van der Waals surface area (Å²) in [6.45, 7) is 7.12. The van der Waals surface area contributed by atoms with Crippen LogP contribution in [-0.2, 0) is 16.0 Å². The van der Waals surface area contributed by atoms with E-state index in [1.54, 1.807) is 18.9 Å². The molecule has 0 amide bonds. The Morgan fingerprint density at radius 1 is 0.595 bits per heavy atom. The first-order valence-electron chi connectivity index (χ1n) is 16.3. The number of carbonyl (C=O) groups is 1. The molecule has 0 N–H and O–H groups in total. The van der Waals surface area contributed by atoms with E-state index in [4.69, 9.17) is 0 Å². The van der Waals surface area contributed by atoms with E-state index in [2.05, 4.69) is 49.8 Å². The Kier molecular flexibility index (Phi) is 21.8. The van der Waals surface area contributed by atoms with Crippen LogP contribution >= 0.6 is 0 Å². The molecule has 1 aromatic carbocycles. The predicted octanol–water partition coefficient (Wildman–Crippen LogP) is 10.5. The zero-order chi connectivity index (χ0) is 27.0. The Labute approximate surface area is 236 Å². The number of carbonyl (C=O) groups excluding carboxylic acids is 1. The second-order valence-corrected chi connectivity index (χ2v) is 24.8. The molecule has 0 aliphatic rings. The fourth-order valence-corrected chi connectivity index (χ4v) is 21.8. The van der Waals surface area contributed by atoms with E-state index in [0.717, 1.165) is 12.8 Å². The topological polar surface area (TPSA) is 26.3 Å². The van der Waals surface area contributed by atoms with Gasteiger partial charge in [-0.25, -0.2) is 0 Å². The van der Waals surface area contributed by atoms with Crippen molar-refractivity contribution in [3.8, 4) is 0 Å². The number of unbranched alkanes of at least 4 members (excludes halogenated alkanes) is 14. The van der Waals surface area contributed by atoms with Crippen LogP contribution in [0.2, 0.25) is 13.3 Å². The van der Waals surface area contributed by atoms with Crippen molar-refractivity contribution >= 4 is 27.9 Å². The number of ether oxygens (including phenoxy) is 1. The van der Waals surface area contributed by atoms with Crippen LogP contribution in [0.1, 0.15) is 148 Å². The summed E-state index contributed by atoms with van der Waals surface area (Å²) in [5.41, 5.74) is 1.57. The molecule has 1 rings (SSSR count). The van der Waals surface area contributed by atoms with E-state index in [0.29, 0.717) is 6.42 Å². The van der Waals surface area contributed by atoms with Gasteiger partial charge in [0, 0.05) is 6.42 Å². The third kappa shape index (κ3) is 16.3. The predicted molar refractivity (Wildman–Crippen MR) is 167 cm³/mol. The molecule has 0 aliphatic carbocycles. The average molecular weight is 622 g/mol. The second-order valence-electron chi connectivity index (χ2n) is 11.6. The van der Waals surface area contributed by atoms with Crippen molar-refractivity contribution in [3.05, 3.63) is 29.8 Å². The summed E-state index contributed by atoms with van der Waals surface area (Å²) in [5, 5.41) is 0. The molecule has 0 aliphatic heterocycles. The summed E-state index contributed by atoms with van der Waals surface area (Å²) < 4.78 is 11.2. The van der Waals surface area contributed by atoms with Gasteiger partial charge in [0.05, 0.1) is 7.11 Å². The molecule has 0 radical (unpaired) electrons. The van der Waals surface area contributed by atoms with E-state index in [9.17, 15) is 4.79 Å². The summed E-state index contributed by atoms with van der Waals surface area (Å²) >= 11 is -2.25. The van der Waals surface area contributed by atoms with Crippen molar-refractivity contribution in [2.75, 3.05) is 7.11 Å². The second kappa shape index (κ2) is 23.4. The van der Waals surface area contributed by atoms with Crippen LogP contribution < -0.4 is 3.58 Å². The van der Waals surface area contributed by atoms with Gasteiger partial charge in [-0.05, 0) is 6.42 Å². The number of hydrogen-bond acceptors (Lipinski definition) is 2. The summed E-state index contributed by atoms with van der Waals surface area (Å²) in [4.78, 5) is 11.1. The minimum absolute atomic E-state index is 0.0651. The molecular formula is C34H62O2Sn. The van der Waals surface area contributed by atoms with E-state index < -0.39 is 18.4 Å². The van der Waals surface area contributed by atoms with Crippen molar-refractivity contribution in [2.24, 2.45) is 0 Å². The standard InChI is InChI=1S/C22H35O2.3C4H9.Sn/c1-24-22(23)20-16-11-9-7-5-3-2-4-6-8-10-13-17-21-18-14-12-15-19-21;3*1-3-4-2;/h14-15,18-19H,2-11,13,16-17,20H2,1H3;3*1,3-4H2,2H3;. The molecule has 0 saturated heterocycles. The van der Waals surface area contributed by atoms with Gasteiger partial charge in [-0.3, -0.25) is 4.79 Å². The number of hydrogen-bond donors (Lipinski definition) is 0. The van der Waals surface area contributed by atoms with Crippen molar-refractivity contribution in [1.82, 2.24) is 0 Å². The van der Waals surface area contributed by atoms with Crippen molar-refractivity contribution in [3.63, 3.8) is 0 Å². The van der Waals surface area contributed by atoms with Gasteiger partial charge in [-0.2, -0.15) is 0 Å². The van der Waals surface area contributed by atoms with Gasteiger partial charge in [0.25, 0.3) is 0 Å². The third-order valence-corrected chi connectivity index (χ3v) is 24.1. The number of methoxy groups -OCH3 is 1. The van der Waals surface area contributed by atoms with Gasteiger partial charge in [0.15, 0.2) is 0 Å². The van der Waals surface area contributed by atoms with Gasteiger partial charge in [0.2, 0.25) is 0 Å². The molecule has 3 heteroatoms. The van der Waals surface area contributed by atoms with Crippen LogP contribution in [0.15, 0.2) is 24.3 Å². The van der Waals surface area contributed by atoms with E-state index in [-0.39, 0.29) is 5.97 Å². The number of rotatable bonds is 25. The van der Waals surface area contributed by atoms with Gasteiger partial charge < -0.3 is 4.74 Å². The van der Waals surface area contributed by atoms with Crippen molar-refractivity contribution < 1.29 is 9.53 Å². The molecule has 0 atom stereocenters. The summed E-state index contributed by atoms with van der Waals surface area (Å²) in [5.74, 6) is -0.0651. The van der Waals surface area contributed by atoms with E-state index in [1.807, 2.05) is 3.58 Å². The van der Waals surface area contributed by atoms with Gasteiger partial charge in [0.1, 0.15) is 0 Å². The fraction of sp³-hybridized carbons (Fsp3) is 0.794. The normalized spacial score (nSPS) is 11.7. The molecule has 214 valence electrons. The quantitative estimate of drug-likeness (QED) is 0.0617. The molecule has 0 unspecified atom stereocenters. The molecule has 2 nitrogen and oxygen atoms in total. The summed E-state index contributed by atoms with van der Waals surface area (Å²) in [6, 6.07) is 10.2. The first-order valence-corrected chi connectivity index (χ1v) is 23.8. The number of benzene rings is 1. The van der Waals surface area contributed by atoms with Crippen LogP contribution in [0.5, 0.6) is 0 Å². The van der Waals surface area contributed by atoms with E-state index >= 15 is 0 Å². The molecule has 0 saturated carbocycles. The monoisotopic (exact) mass is 622 g/mol. The SMILES string of the molecule is CCC[CH2][Sn]([CH2]CCC)([CH2]CCC)[c]1ccc(CCCCCCCCCCCCCCC(=O)OC)cc1. The van der Waals surface area contributed by atoms with Crippen LogP contribution in [0, 0.1) is 0 Å². The number of esters is 1. The molecule has 0 heterocycles. The molecule has 0 bridgehead atoms. The van der Waals surface area contributed by atoms with Gasteiger partial charge in [-0.15, -0.1) is 0 Å². The summed E-state index contributed by atoms with van der Waals surface area (Å²) in [7, 11) is 1.48. The molecule has 0 fully saturated rings. The Morgan fingerprint density at radius 3 is 1.41 bits per heavy atom. The van der Waals surface area contributed by atoms with Crippen molar-refractivity contribution in [2.45, 2.75) is 162 Å². The fourth-order valence-electron chi connectivity index (χ4n) is 5.85. The first kappa shape index (κ1) is 34.5. The van der Waals surface area contributed by atoms with Crippen LogP contribution in [0.3, 0.4) is 0 Å². The first-order chi connectivity index (χ1) is 18.1. The van der Waals surface area contributed by atoms with Gasteiger partial charge in [-0.1, -0.05) is 25.7 Å². The van der Waals surface area contributed by atoms with Crippen LogP contribution in [-0.4, -0.2) is 31.5 Å². The Morgan fingerprint density at radius 2 is 1.00 bits per heavy atom. The zero-order valence-corrected chi connectivity index (χ0v) is 28.2. The van der Waals surface area contributed by atoms with Gasteiger partial charge >= 0.3 is 182 Å². The maximum absolute atomic E-state index is 11.1. The third-order valence-electron chi connectivity index (χ3n) is 8.42. The van der Waals surface area contributed by atoms with E-state index in [1.165, 1.54) is 116 Å². The molecule has 1 aromatic rings. The van der Waals surface area contributed by atoms with Crippen LogP contribution in [0.25, 0.3) is 0 Å². The molecule has 0 spiro atoms. The minimum atomic E-state index is -2.25. The van der Waals surface area contributed by atoms with Crippen molar-refractivity contribution in [1.29, 1.82) is 0 Å². The Bertz CT molecular complexity index is 633. The Hall–Kier alpha value is -0.511. The van der Waals surface area contributed by atoms with Crippen LogP contribution in [0.4, 0.5) is 0 Å². The maximum atomic E-state index is 11.1. The molecule has 37 heavy (non-hydrogen) atoms. The molecular weight excluding hydrogens is 559 g/mol. The summed E-state index contributed by atoms with van der Waals surface area (Å²) in [6.07, 6.45) is 26.1. The molecule has 0 aromatic heterocycles. The number of aryl methyl sites for hydroxylation is 1.